The summed E-state index contributed by atoms with van der Waals surface area (Å²) in [4.78, 5) is 8.02. The van der Waals surface area contributed by atoms with E-state index in [0.717, 1.165) is 0 Å². The van der Waals surface area contributed by atoms with E-state index in [0.29, 0.717) is 5.69 Å². The van der Waals surface area contributed by atoms with Gasteiger partial charge in [0.2, 0.25) is 0 Å². The third-order valence-electron chi connectivity index (χ3n) is 2.15. The van der Waals surface area contributed by atoms with Crippen LogP contribution in [-0.4, -0.2) is 21.7 Å². The fraction of sp³-hybridized carbons (Fsp3) is 0.556. The second-order valence-corrected chi connectivity index (χ2v) is 3.75. The first-order chi connectivity index (χ1) is 6.08. The van der Waals surface area contributed by atoms with Crippen LogP contribution in [0.15, 0.2) is 18.6 Å². The average Bonchev–Trinajstić information content (AvgIpc) is 2.18. The zero-order valence-corrected chi connectivity index (χ0v) is 7.94. The molecule has 0 saturated heterocycles. The van der Waals surface area contributed by atoms with E-state index in [1.807, 2.05) is 13.8 Å². The Bertz CT molecular complexity index is 261. The van der Waals surface area contributed by atoms with Gasteiger partial charge in [0.1, 0.15) is 0 Å². The van der Waals surface area contributed by atoms with Crippen LogP contribution in [0.5, 0.6) is 0 Å². The smallest absolute Gasteiger partial charge is 0.0760 e. The number of aromatic nitrogens is 2. The van der Waals surface area contributed by atoms with E-state index in [2.05, 4.69) is 9.97 Å². The van der Waals surface area contributed by atoms with Crippen LogP contribution >= 0.6 is 0 Å². The zero-order valence-electron chi connectivity index (χ0n) is 7.94. The number of aliphatic hydroxyl groups excluding tert-OH is 1. The number of rotatable bonds is 3. The van der Waals surface area contributed by atoms with Gasteiger partial charge in [0.25, 0.3) is 0 Å². The van der Waals surface area contributed by atoms with Crippen molar-refractivity contribution in [2.75, 3.05) is 6.61 Å². The highest BCUT2D eigenvalue weighted by molar-refractivity contribution is 5.05. The lowest BCUT2D eigenvalue weighted by atomic mass is 9.84. The van der Waals surface area contributed by atoms with Gasteiger partial charge >= 0.3 is 0 Å². The lowest BCUT2D eigenvalue weighted by Crippen LogP contribution is -2.33. The molecule has 0 saturated carbocycles. The van der Waals surface area contributed by atoms with Crippen LogP contribution in [0, 0.1) is 5.41 Å². The highest BCUT2D eigenvalue weighted by Crippen LogP contribution is 2.28. The largest absolute Gasteiger partial charge is 0.396 e. The van der Waals surface area contributed by atoms with Crippen molar-refractivity contribution in [3.8, 4) is 0 Å². The minimum absolute atomic E-state index is 0.0325. The summed E-state index contributed by atoms with van der Waals surface area (Å²) in [6.07, 6.45) is 4.83. The molecular formula is C9H15N3O. The molecule has 0 fully saturated rings. The van der Waals surface area contributed by atoms with E-state index < -0.39 is 0 Å². The molecule has 4 heteroatoms. The van der Waals surface area contributed by atoms with Crippen molar-refractivity contribution in [2.24, 2.45) is 11.1 Å². The van der Waals surface area contributed by atoms with Crippen LogP contribution in [0.3, 0.4) is 0 Å². The summed E-state index contributed by atoms with van der Waals surface area (Å²) in [6.45, 7) is 3.82. The van der Waals surface area contributed by atoms with E-state index in [-0.39, 0.29) is 18.1 Å². The van der Waals surface area contributed by atoms with Crippen molar-refractivity contribution in [3.05, 3.63) is 24.3 Å². The highest BCUT2D eigenvalue weighted by atomic mass is 16.3. The molecule has 1 aromatic heterocycles. The fourth-order valence-corrected chi connectivity index (χ4v) is 0.970. The summed E-state index contributed by atoms with van der Waals surface area (Å²) in [5.41, 5.74) is 6.27. The Morgan fingerprint density at radius 3 is 2.69 bits per heavy atom. The topological polar surface area (TPSA) is 72.0 Å². The van der Waals surface area contributed by atoms with Gasteiger partial charge in [-0.3, -0.25) is 9.97 Å². The molecule has 1 unspecified atom stereocenters. The summed E-state index contributed by atoms with van der Waals surface area (Å²) in [5, 5.41) is 9.10. The van der Waals surface area contributed by atoms with Gasteiger partial charge in [0, 0.05) is 24.0 Å². The van der Waals surface area contributed by atoms with E-state index >= 15 is 0 Å². The maximum Gasteiger partial charge on any atom is 0.0760 e. The van der Waals surface area contributed by atoms with Gasteiger partial charge in [-0.25, -0.2) is 0 Å². The fourth-order valence-electron chi connectivity index (χ4n) is 0.970. The summed E-state index contributed by atoms with van der Waals surface area (Å²) in [5.74, 6) is 0. The number of nitrogens with zero attached hydrogens (tertiary/aromatic N) is 2. The second-order valence-electron chi connectivity index (χ2n) is 3.75. The number of hydrogen-bond donors (Lipinski definition) is 2. The molecule has 0 bridgehead atoms. The van der Waals surface area contributed by atoms with Crippen molar-refractivity contribution >= 4 is 0 Å². The highest BCUT2D eigenvalue weighted by Gasteiger charge is 2.27. The van der Waals surface area contributed by atoms with Gasteiger partial charge in [0.15, 0.2) is 0 Å². The summed E-state index contributed by atoms with van der Waals surface area (Å²) >= 11 is 0. The Balaban J connectivity index is 2.85. The minimum Gasteiger partial charge on any atom is -0.396 e. The molecule has 72 valence electrons. The molecule has 0 amide bonds. The normalized spacial score (nSPS) is 14.2. The van der Waals surface area contributed by atoms with Gasteiger partial charge in [-0.1, -0.05) is 13.8 Å². The van der Waals surface area contributed by atoms with Crippen LogP contribution < -0.4 is 5.73 Å². The Morgan fingerprint density at radius 2 is 2.23 bits per heavy atom. The molecule has 3 N–H and O–H groups in total. The van der Waals surface area contributed by atoms with Crippen LogP contribution in [0.2, 0.25) is 0 Å². The van der Waals surface area contributed by atoms with E-state index in [1.165, 1.54) is 0 Å². The molecule has 0 aliphatic rings. The van der Waals surface area contributed by atoms with Crippen LogP contribution in [0.25, 0.3) is 0 Å². The first-order valence-electron chi connectivity index (χ1n) is 4.20. The molecule has 0 aliphatic carbocycles. The van der Waals surface area contributed by atoms with Crippen LogP contribution in [0.4, 0.5) is 0 Å². The molecule has 1 rings (SSSR count). The van der Waals surface area contributed by atoms with Gasteiger partial charge in [-0.2, -0.15) is 0 Å². The predicted molar refractivity (Wildman–Crippen MR) is 49.8 cm³/mol. The Labute approximate surface area is 77.8 Å². The van der Waals surface area contributed by atoms with E-state index in [4.69, 9.17) is 10.8 Å². The number of aliphatic hydroxyl groups is 1. The van der Waals surface area contributed by atoms with Crippen molar-refractivity contribution in [1.82, 2.24) is 9.97 Å². The molecule has 0 aliphatic heterocycles. The maximum absolute atomic E-state index is 9.10. The molecule has 13 heavy (non-hydrogen) atoms. The molecule has 0 spiro atoms. The van der Waals surface area contributed by atoms with Gasteiger partial charge < -0.3 is 10.8 Å². The first kappa shape index (κ1) is 10.1. The lowest BCUT2D eigenvalue weighted by molar-refractivity contribution is 0.130. The predicted octanol–water partition coefficient (Wildman–Crippen LogP) is 0.495. The Kier molecular flexibility index (Phi) is 2.95. The third-order valence-corrected chi connectivity index (χ3v) is 2.15. The molecule has 0 aromatic carbocycles. The van der Waals surface area contributed by atoms with Crippen LogP contribution in [0.1, 0.15) is 25.6 Å². The molecule has 1 atom stereocenters. The third kappa shape index (κ3) is 2.23. The standard InChI is InChI=1S/C9H15N3O/c1-9(2,6-13)8(10)7-5-11-3-4-12-7/h3-5,8,13H,6,10H2,1-2H3. The number of nitrogens with two attached hydrogens (primary N) is 1. The zero-order chi connectivity index (χ0) is 9.90. The van der Waals surface area contributed by atoms with E-state index in [1.54, 1.807) is 18.6 Å². The quantitative estimate of drug-likeness (QED) is 0.712. The molecular weight excluding hydrogens is 166 g/mol. The summed E-state index contributed by atoms with van der Waals surface area (Å²) in [7, 11) is 0. The molecule has 4 nitrogen and oxygen atoms in total. The summed E-state index contributed by atoms with van der Waals surface area (Å²) < 4.78 is 0. The molecule has 1 heterocycles. The Morgan fingerprint density at radius 1 is 1.54 bits per heavy atom. The monoisotopic (exact) mass is 181 g/mol. The summed E-state index contributed by atoms with van der Waals surface area (Å²) in [6, 6.07) is -0.286. The number of hydrogen-bond acceptors (Lipinski definition) is 4. The minimum atomic E-state index is -0.365. The van der Waals surface area contributed by atoms with Gasteiger partial charge in [0.05, 0.1) is 18.3 Å². The van der Waals surface area contributed by atoms with Crippen molar-refractivity contribution in [1.29, 1.82) is 0 Å². The SMILES string of the molecule is CC(C)(CO)C(N)c1cnccn1. The van der Waals surface area contributed by atoms with Crippen molar-refractivity contribution in [2.45, 2.75) is 19.9 Å². The van der Waals surface area contributed by atoms with Crippen molar-refractivity contribution in [3.63, 3.8) is 0 Å². The lowest BCUT2D eigenvalue weighted by Gasteiger charge is -2.28. The Hall–Kier alpha value is -1.00. The van der Waals surface area contributed by atoms with Gasteiger partial charge in [-0.05, 0) is 0 Å². The van der Waals surface area contributed by atoms with Crippen molar-refractivity contribution < 1.29 is 5.11 Å². The molecule has 0 radical (unpaired) electrons. The van der Waals surface area contributed by atoms with Crippen LogP contribution in [-0.2, 0) is 0 Å². The first-order valence-corrected chi connectivity index (χ1v) is 4.20. The van der Waals surface area contributed by atoms with E-state index in [9.17, 15) is 0 Å². The second kappa shape index (κ2) is 3.81. The van der Waals surface area contributed by atoms with Gasteiger partial charge in [-0.15, -0.1) is 0 Å². The maximum atomic E-state index is 9.10. The molecule has 1 aromatic rings. The average molecular weight is 181 g/mol.